The van der Waals surface area contributed by atoms with Crippen LogP contribution in [0, 0.1) is 0 Å². The Bertz CT molecular complexity index is 1360. The van der Waals surface area contributed by atoms with Crippen LogP contribution in [0.3, 0.4) is 0 Å². The summed E-state index contributed by atoms with van der Waals surface area (Å²) in [5, 5.41) is 2.18. The van der Waals surface area contributed by atoms with E-state index >= 15 is 0 Å². The second-order valence-electron chi connectivity index (χ2n) is 9.14. The van der Waals surface area contributed by atoms with Crippen molar-refractivity contribution in [2.24, 2.45) is 0 Å². The number of ether oxygens (including phenoxy) is 1. The van der Waals surface area contributed by atoms with Crippen LogP contribution in [0.5, 0.6) is 0 Å². The molecule has 37 heavy (non-hydrogen) atoms. The van der Waals surface area contributed by atoms with E-state index < -0.39 is 57.4 Å². The van der Waals surface area contributed by atoms with Crippen molar-refractivity contribution in [3.8, 4) is 0 Å². The SMILES string of the molecule is O=C1CCC(N2C(=O)c3cccc([C@H]4C[C@@]4(C(=O)OCC(Cl)(Cl)Cl)c4ccc(Br)cc4)c3C2=O)C(=O)N1. The molecule has 192 valence electrons. The van der Waals surface area contributed by atoms with Gasteiger partial charge in [-0.05, 0) is 42.2 Å². The van der Waals surface area contributed by atoms with Crippen LogP contribution in [-0.2, 0) is 24.5 Å². The van der Waals surface area contributed by atoms with Crippen molar-refractivity contribution in [3.05, 3.63) is 69.2 Å². The molecule has 3 aliphatic rings. The highest BCUT2D eigenvalue weighted by molar-refractivity contribution is 9.10. The van der Waals surface area contributed by atoms with Crippen LogP contribution in [0.1, 0.15) is 57.0 Å². The number of rotatable bonds is 5. The van der Waals surface area contributed by atoms with Gasteiger partial charge in [-0.1, -0.05) is 75.0 Å². The van der Waals surface area contributed by atoms with E-state index in [4.69, 9.17) is 39.5 Å². The van der Waals surface area contributed by atoms with Gasteiger partial charge in [-0.15, -0.1) is 0 Å². The second kappa shape index (κ2) is 9.38. The molecule has 0 radical (unpaired) electrons. The molecule has 1 N–H and O–H groups in total. The Morgan fingerprint density at radius 2 is 1.78 bits per heavy atom. The number of nitrogens with one attached hydrogen (secondary N) is 1. The zero-order chi connectivity index (χ0) is 26.7. The van der Waals surface area contributed by atoms with Gasteiger partial charge in [0.1, 0.15) is 18.1 Å². The molecule has 3 atom stereocenters. The number of carbonyl (C=O) groups excluding carboxylic acids is 5. The molecule has 12 heteroatoms. The van der Waals surface area contributed by atoms with Gasteiger partial charge < -0.3 is 4.74 Å². The lowest BCUT2D eigenvalue weighted by Gasteiger charge is -2.27. The van der Waals surface area contributed by atoms with Crippen molar-refractivity contribution in [3.63, 3.8) is 0 Å². The molecule has 5 rings (SSSR count). The van der Waals surface area contributed by atoms with Crippen LogP contribution in [0.4, 0.5) is 0 Å². The normalized spacial score (nSPS) is 25.1. The molecule has 1 unspecified atom stereocenters. The van der Waals surface area contributed by atoms with Crippen LogP contribution >= 0.6 is 50.7 Å². The minimum Gasteiger partial charge on any atom is -0.460 e. The number of piperidine rings is 1. The number of esters is 1. The largest absolute Gasteiger partial charge is 0.460 e. The van der Waals surface area contributed by atoms with E-state index in [0.29, 0.717) is 17.5 Å². The van der Waals surface area contributed by atoms with E-state index in [9.17, 15) is 24.0 Å². The summed E-state index contributed by atoms with van der Waals surface area (Å²) >= 11 is 20.8. The maximum atomic E-state index is 13.6. The van der Waals surface area contributed by atoms with Gasteiger partial charge in [-0.25, -0.2) is 0 Å². The maximum absolute atomic E-state index is 13.6. The number of benzene rings is 2. The molecule has 8 nitrogen and oxygen atoms in total. The van der Waals surface area contributed by atoms with Gasteiger partial charge in [0, 0.05) is 16.8 Å². The summed E-state index contributed by atoms with van der Waals surface area (Å²) in [6.07, 6.45) is 0.353. The van der Waals surface area contributed by atoms with Crippen LogP contribution in [0.15, 0.2) is 46.9 Å². The van der Waals surface area contributed by atoms with Crippen molar-refractivity contribution < 1.29 is 28.7 Å². The maximum Gasteiger partial charge on any atom is 0.317 e. The van der Waals surface area contributed by atoms with E-state index in [1.165, 1.54) is 6.07 Å². The average Bonchev–Trinajstić information content (AvgIpc) is 3.54. The van der Waals surface area contributed by atoms with Crippen molar-refractivity contribution in [1.82, 2.24) is 10.2 Å². The number of hydrogen-bond acceptors (Lipinski definition) is 6. The number of halogens is 4. The van der Waals surface area contributed by atoms with Crippen LogP contribution < -0.4 is 5.32 Å². The third kappa shape index (κ3) is 4.56. The highest BCUT2D eigenvalue weighted by Gasteiger charge is 2.64. The molecule has 0 bridgehead atoms. The van der Waals surface area contributed by atoms with E-state index in [1.54, 1.807) is 36.4 Å². The Morgan fingerprint density at radius 3 is 2.43 bits per heavy atom. The summed E-state index contributed by atoms with van der Waals surface area (Å²) in [4.78, 5) is 65.2. The molecule has 1 saturated heterocycles. The average molecular weight is 629 g/mol. The third-order valence-electron chi connectivity index (χ3n) is 6.93. The molecule has 2 heterocycles. The first-order valence-electron chi connectivity index (χ1n) is 11.3. The van der Waals surface area contributed by atoms with Crippen molar-refractivity contribution in [2.45, 2.75) is 40.4 Å². The molecule has 2 aromatic rings. The minimum atomic E-state index is -1.81. The number of carbonyl (C=O) groups is 5. The van der Waals surface area contributed by atoms with Gasteiger partial charge >= 0.3 is 5.97 Å². The number of amides is 4. The monoisotopic (exact) mass is 626 g/mol. The molecule has 1 saturated carbocycles. The van der Waals surface area contributed by atoms with Gasteiger partial charge in [-0.3, -0.25) is 34.2 Å². The summed E-state index contributed by atoms with van der Waals surface area (Å²) in [7, 11) is 0. The lowest BCUT2D eigenvalue weighted by atomic mass is 9.88. The summed E-state index contributed by atoms with van der Waals surface area (Å²) in [5.41, 5.74) is 0.233. The first-order chi connectivity index (χ1) is 17.4. The van der Waals surface area contributed by atoms with Crippen molar-refractivity contribution in [2.75, 3.05) is 6.61 Å². The van der Waals surface area contributed by atoms with E-state index in [2.05, 4.69) is 21.2 Å². The van der Waals surface area contributed by atoms with Crippen molar-refractivity contribution in [1.29, 1.82) is 0 Å². The van der Waals surface area contributed by atoms with Gasteiger partial charge in [0.15, 0.2) is 0 Å². The van der Waals surface area contributed by atoms with E-state index in [1.807, 2.05) is 0 Å². The Hall–Kier alpha value is -2.46. The molecule has 0 aromatic heterocycles. The predicted octanol–water partition coefficient (Wildman–Crippen LogP) is 4.19. The molecule has 2 aliphatic heterocycles. The molecule has 0 spiro atoms. The third-order valence-corrected chi connectivity index (χ3v) is 7.78. The first-order valence-corrected chi connectivity index (χ1v) is 13.2. The Labute approximate surface area is 234 Å². The fourth-order valence-electron chi connectivity index (χ4n) is 5.16. The fourth-order valence-corrected chi connectivity index (χ4v) is 5.58. The van der Waals surface area contributed by atoms with Gasteiger partial charge in [-0.2, -0.15) is 0 Å². The zero-order valence-electron chi connectivity index (χ0n) is 18.9. The topological polar surface area (TPSA) is 110 Å². The molecule has 1 aliphatic carbocycles. The minimum absolute atomic E-state index is 0.0149. The van der Waals surface area contributed by atoms with Crippen LogP contribution in [0.2, 0.25) is 0 Å². The molecule has 2 fully saturated rings. The lowest BCUT2D eigenvalue weighted by Crippen LogP contribution is -2.54. The van der Waals surface area contributed by atoms with Crippen LogP contribution in [0.25, 0.3) is 0 Å². The van der Waals surface area contributed by atoms with Gasteiger partial charge in [0.05, 0.1) is 11.1 Å². The standard InChI is InChI=1S/C25H18BrCl3N2O6/c26-13-6-4-12(5-7-13)24(23(36)37-11-25(27,28)29)10-16(24)14-2-1-3-15-19(14)22(35)31(21(15)34)17-8-9-18(32)30-20(17)33/h1-7,16-17H,8-11H2,(H,30,32,33)/t16-,17?,24-/m1/s1. The van der Waals surface area contributed by atoms with Crippen molar-refractivity contribution >= 4 is 80.3 Å². The summed E-state index contributed by atoms with van der Waals surface area (Å²) in [5.74, 6) is -3.55. The fraction of sp³-hybridized carbons (Fsp3) is 0.320. The molecular weight excluding hydrogens is 611 g/mol. The Kier molecular flexibility index (Phi) is 6.63. The molecule has 4 amide bonds. The number of hydrogen-bond donors (Lipinski definition) is 1. The molecule has 2 aromatic carbocycles. The predicted molar refractivity (Wildman–Crippen MR) is 138 cm³/mol. The highest BCUT2D eigenvalue weighted by atomic mass is 79.9. The van der Waals surface area contributed by atoms with E-state index in [-0.39, 0.29) is 24.0 Å². The quantitative estimate of drug-likeness (QED) is 0.302. The summed E-state index contributed by atoms with van der Waals surface area (Å²) in [6.45, 7) is -0.463. The summed E-state index contributed by atoms with van der Waals surface area (Å²) in [6, 6.07) is 10.8. The Morgan fingerprint density at radius 1 is 1.08 bits per heavy atom. The number of fused-ring (bicyclic) bond motifs is 1. The Balaban J connectivity index is 1.52. The summed E-state index contributed by atoms with van der Waals surface area (Å²) < 4.78 is 4.38. The number of imide groups is 2. The zero-order valence-corrected chi connectivity index (χ0v) is 22.8. The van der Waals surface area contributed by atoms with Crippen LogP contribution in [-0.4, -0.2) is 50.9 Å². The lowest BCUT2D eigenvalue weighted by molar-refractivity contribution is -0.146. The van der Waals surface area contributed by atoms with E-state index in [0.717, 1.165) is 9.37 Å². The smallest absolute Gasteiger partial charge is 0.317 e. The van der Waals surface area contributed by atoms with Gasteiger partial charge in [0.2, 0.25) is 15.6 Å². The first kappa shape index (κ1) is 26.2. The number of nitrogens with zero attached hydrogens (tertiary/aromatic N) is 1. The molecular formula is C25H18BrCl3N2O6. The second-order valence-corrected chi connectivity index (χ2v) is 12.6. The highest BCUT2D eigenvalue weighted by Crippen LogP contribution is 2.62. The van der Waals surface area contributed by atoms with Gasteiger partial charge in [0.25, 0.3) is 11.8 Å². The number of alkyl halides is 3.